The van der Waals surface area contributed by atoms with Crippen LogP contribution in [0, 0.1) is 11.8 Å². The Kier molecular flexibility index (Phi) is 11.9. The summed E-state index contributed by atoms with van der Waals surface area (Å²) in [6.07, 6.45) is 27.2. The maximum atomic E-state index is 4.88. The van der Waals surface area contributed by atoms with Crippen molar-refractivity contribution in [1.82, 2.24) is 0 Å². The first-order valence-corrected chi connectivity index (χ1v) is 12.6. The summed E-state index contributed by atoms with van der Waals surface area (Å²) in [5, 5.41) is 9.58. The summed E-state index contributed by atoms with van der Waals surface area (Å²) in [4.78, 5) is 4.57. The van der Waals surface area contributed by atoms with E-state index in [0.717, 1.165) is 49.2 Å². The van der Waals surface area contributed by atoms with Gasteiger partial charge in [-0.15, -0.1) is 0 Å². The molecule has 2 unspecified atom stereocenters. The molecule has 3 heteroatoms. The molecule has 2 atom stereocenters. The monoisotopic (exact) mass is 433 g/mol. The lowest BCUT2D eigenvalue weighted by molar-refractivity contribution is 0.243. The largest absolute Gasteiger partial charge is 0.255 e. The van der Waals surface area contributed by atoms with Crippen molar-refractivity contribution in [3.8, 4) is 0 Å². The molecule has 174 valence electrons. The molecule has 2 rings (SSSR count). The van der Waals surface area contributed by atoms with Crippen LogP contribution in [0.1, 0.15) is 92.4 Å². The molecule has 1 aliphatic carbocycles. The van der Waals surface area contributed by atoms with E-state index < -0.39 is 0 Å². The highest BCUT2D eigenvalue weighted by molar-refractivity contribution is 6.03. The second kappa shape index (κ2) is 14.7. The van der Waals surface area contributed by atoms with Gasteiger partial charge in [-0.05, 0) is 88.7 Å². The Morgan fingerprint density at radius 1 is 1.12 bits per heavy atom. The summed E-state index contributed by atoms with van der Waals surface area (Å²) < 4.78 is 0. The van der Waals surface area contributed by atoms with Crippen LogP contribution >= 0.6 is 0 Å². The molecule has 1 aliphatic heterocycles. The second-order valence-corrected chi connectivity index (χ2v) is 8.93. The number of aliphatic imine (C=N–C) groups is 1. The van der Waals surface area contributed by atoms with E-state index in [1.807, 2.05) is 19.2 Å². The number of hydrogen-bond acceptors (Lipinski definition) is 3. The SMILES string of the molecule is CC=C/C=C(/C(CCC(=CCC)CCC)=N\N=C(C)/C1=C/CC\C=C/C=N\1)C1CCC1C. The average Bonchev–Trinajstić information content (AvgIpc) is 2.75. The fourth-order valence-electron chi connectivity index (χ4n) is 4.31. The van der Waals surface area contributed by atoms with Gasteiger partial charge in [-0.1, -0.05) is 69.2 Å². The molecule has 32 heavy (non-hydrogen) atoms. The van der Waals surface area contributed by atoms with E-state index in [1.165, 1.54) is 31.3 Å². The third kappa shape index (κ3) is 8.33. The first kappa shape index (κ1) is 26.0. The van der Waals surface area contributed by atoms with Crippen LogP contribution in [0.15, 0.2) is 74.6 Å². The fraction of sp³-hybridized carbons (Fsp3) is 0.552. The molecule has 1 saturated carbocycles. The van der Waals surface area contributed by atoms with E-state index >= 15 is 0 Å². The van der Waals surface area contributed by atoms with Crippen molar-refractivity contribution in [2.24, 2.45) is 27.0 Å². The lowest BCUT2D eigenvalue weighted by Gasteiger charge is -2.36. The zero-order valence-corrected chi connectivity index (χ0v) is 21.0. The van der Waals surface area contributed by atoms with Gasteiger partial charge in [0.1, 0.15) is 0 Å². The van der Waals surface area contributed by atoms with E-state index in [-0.39, 0.29) is 0 Å². The Labute approximate surface area is 196 Å². The van der Waals surface area contributed by atoms with Crippen LogP contribution in [0.4, 0.5) is 0 Å². The molecule has 0 amide bonds. The lowest BCUT2D eigenvalue weighted by atomic mass is 9.69. The van der Waals surface area contributed by atoms with Crippen molar-refractivity contribution < 1.29 is 0 Å². The normalized spacial score (nSPS) is 26.8. The third-order valence-electron chi connectivity index (χ3n) is 6.37. The van der Waals surface area contributed by atoms with Gasteiger partial charge in [-0.25, -0.2) is 0 Å². The maximum absolute atomic E-state index is 4.88. The molecule has 1 fully saturated rings. The van der Waals surface area contributed by atoms with Gasteiger partial charge in [0, 0.05) is 6.21 Å². The smallest absolute Gasteiger partial charge is 0.0852 e. The molecule has 0 spiro atoms. The van der Waals surface area contributed by atoms with E-state index in [4.69, 9.17) is 10.2 Å². The molecule has 0 aromatic carbocycles. The van der Waals surface area contributed by atoms with Crippen molar-refractivity contribution >= 4 is 17.6 Å². The van der Waals surface area contributed by atoms with Gasteiger partial charge in [0.05, 0.1) is 17.1 Å². The average molecular weight is 434 g/mol. The second-order valence-electron chi connectivity index (χ2n) is 8.93. The molecular formula is C29H43N3. The predicted molar refractivity (Wildman–Crippen MR) is 143 cm³/mol. The first-order valence-electron chi connectivity index (χ1n) is 12.6. The molecule has 3 nitrogen and oxygen atoms in total. The molecule has 0 saturated heterocycles. The van der Waals surface area contributed by atoms with Crippen LogP contribution in [0.3, 0.4) is 0 Å². The number of nitrogens with zero attached hydrogens (tertiary/aromatic N) is 3. The molecule has 0 N–H and O–H groups in total. The topological polar surface area (TPSA) is 37.1 Å². The highest BCUT2D eigenvalue weighted by Gasteiger charge is 2.31. The van der Waals surface area contributed by atoms with Gasteiger partial charge in [0.2, 0.25) is 0 Å². The molecular weight excluding hydrogens is 390 g/mol. The van der Waals surface area contributed by atoms with Crippen molar-refractivity contribution in [3.05, 3.63) is 59.4 Å². The molecule has 0 aromatic heterocycles. The van der Waals surface area contributed by atoms with Crippen molar-refractivity contribution in [1.29, 1.82) is 0 Å². The first-order chi connectivity index (χ1) is 15.6. The third-order valence-corrected chi connectivity index (χ3v) is 6.37. The van der Waals surface area contributed by atoms with Crippen molar-refractivity contribution in [2.75, 3.05) is 0 Å². The molecule has 0 aromatic rings. The quantitative estimate of drug-likeness (QED) is 0.135. The number of hydrogen-bond donors (Lipinski definition) is 0. The summed E-state index contributed by atoms with van der Waals surface area (Å²) in [6, 6.07) is 0. The number of rotatable bonds is 11. The number of allylic oxidation sites excluding steroid dienone is 10. The van der Waals surface area contributed by atoms with E-state index in [9.17, 15) is 0 Å². The highest BCUT2D eigenvalue weighted by atomic mass is 15.2. The van der Waals surface area contributed by atoms with Crippen molar-refractivity contribution in [3.63, 3.8) is 0 Å². The summed E-state index contributed by atoms with van der Waals surface area (Å²) in [6.45, 7) is 11.0. The van der Waals surface area contributed by atoms with Gasteiger partial charge >= 0.3 is 0 Å². The zero-order chi connectivity index (χ0) is 23.2. The van der Waals surface area contributed by atoms with Crippen molar-refractivity contribution in [2.45, 2.75) is 92.4 Å². The zero-order valence-electron chi connectivity index (χ0n) is 21.0. The molecule has 2 aliphatic rings. The summed E-state index contributed by atoms with van der Waals surface area (Å²) >= 11 is 0. The van der Waals surface area contributed by atoms with Gasteiger partial charge in [-0.3, -0.25) is 4.99 Å². The Morgan fingerprint density at radius 3 is 2.62 bits per heavy atom. The van der Waals surface area contributed by atoms with Gasteiger partial charge < -0.3 is 0 Å². The highest BCUT2D eigenvalue weighted by Crippen LogP contribution is 2.40. The molecule has 0 radical (unpaired) electrons. The Morgan fingerprint density at radius 2 is 1.97 bits per heavy atom. The van der Waals surface area contributed by atoms with Crippen LogP contribution in [-0.2, 0) is 0 Å². The van der Waals surface area contributed by atoms with Crippen LogP contribution in [0.5, 0.6) is 0 Å². The van der Waals surface area contributed by atoms with Gasteiger partial charge in [0.25, 0.3) is 0 Å². The maximum Gasteiger partial charge on any atom is 0.0852 e. The standard InChI is InChI=1S/C29H43N3/c1-6-9-16-27(26-20-18-23(26)4)29(21-19-25(14-7-2)15-8-3)32-31-24(5)28-17-12-10-11-13-22-30-28/h6,9,11,13-14,16-17,22-23,26H,7-8,10,12,15,18-21H2,1-5H3/b9-6?,13-11-,25-14?,27-16+,28-17-,30-22-,31-24-,32-29-. The lowest BCUT2D eigenvalue weighted by Crippen LogP contribution is -2.28. The summed E-state index contributed by atoms with van der Waals surface area (Å²) in [7, 11) is 0. The fourth-order valence-corrected chi connectivity index (χ4v) is 4.31. The Balaban J connectivity index is 2.36. The summed E-state index contributed by atoms with van der Waals surface area (Å²) in [5.41, 5.74) is 5.90. The van der Waals surface area contributed by atoms with Gasteiger partial charge in [-0.2, -0.15) is 10.2 Å². The van der Waals surface area contributed by atoms with Gasteiger partial charge in [0.15, 0.2) is 0 Å². The predicted octanol–water partition coefficient (Wildman–Crippen LogP) is 8.57. The van der Waals surface area contributed by atoms with E-state index in [0.29, 0.717) is 11.8 Å². The van der Waals surface area contributed by atoms with Crippen LogP contribution < -0.4 is 0 Å². The van der Waals surface area contributed by atoms with Crippen LogP contribution in [0.25, 0.3) is 0 Å². The van der Waals surface area contributed by atoms with E-state index in [1.54, 1.807) is 5.57 Å². The van der Waals surface area contributed by atoms with Crippen LogP contribution in [0.2, 0.25) is 0 Å². The minimum absolute atomic E-state index is 0.592. The minimum Gasteiger partial charge on any atom is -0.255 e. The molecule has 1 heterocycles. The minimum atomic E-state index is 0.592. The van der Waals surface area contributed by atoms with E-state index in [2.05, 4.69) is 69.1 Å². The Bertz CT molecular complexity index is 830. The molecule has 0 bridgehead atoms. The van der Waals surface area contributed by atoms with Crippen LogP contribution in [-0.4, -0.2) is 17.6 Å². The summed E-state index contributed by atoms with van der Waals surface area (Å²) in [5.74, 6) is 1.31. The Hall–Kier alpha value is -2.29.